The molecule has 1 aromatic carbocycles. The predicted octanol–water partition coefficient (Wildman–Crippen LogP) is 4.05. The molecule has 1 aromatic heterocycles. The fourth-order valence-electron chi connectivity index (χ4n) is 4.20. The topological polar surface area (TPSA) is 80.5 Å². The van der Waals surface area contributed by atoms with E-state index in [1.54, 1.807) is 12.1 Å². The van der Waals surface area contributed by atoms with Crippen molar-refractivity contribution in [1.82, 2.24) is 20.4 Å². The fourth-order valence-corrected chi connectivity index (χ4v) is 4.20. The Bertz CT molecular complexity index is 820. The first kappa shape index (κ1) is 20.6. The maximum Gasteiger partial charge on any atom is 0.317 e. The van der Waals surface area contributed by atoms with Crippen LogP contribution in [0.5, 0.6) is 5.75 Å². The second kappa shape index (κ2) is 9.91. The van der Waals surface area contributed by atoms with Crippen LogP contribution in [0.2, 0.25) is 0 Å². The number of halogens is 1. The molecular weight excluding hydrogens is 387 g/mol. The van der Waals surface area contributed by atoms with E-state index in [1.807, 2.05) is 4.90 Å². The summed E-state index contributed by atoms with van der Waals surface area (Å²) in [7, 11) is 0. The zero-order valence-corrected chi connectivity index (χ0v) is 17.2. The number of amides is 2. The van der Waals surface area contributed by atoms with Crippen molar-refractivity contribution in [1.29, 1.82) is 0 Å². The Morgan fingerprint density at radius 2 is 1.97 bits per heavy atom. The van der Waals surface area contributed by atoms with Gasteiger partial charge in [0.2, 0.25) is 5.89 Å². The summed E-state index contributed by atoms with van der Waals surface area (Å²) in [5, 5.41) is 7.25. The average Bonchev–Trinajstić information content (AvgIpc) is 3.25. The number of hydrogen-bond donors (Lipinski definition) is 1. The van der Waals surface area contributed by atoms with Gasteiger partial charge < -0.3 is 19.5 Å². The van der Waals surface area contributed by atoms with Gasteiger partial charge in [-0.15, -0.1) is 0 Å². The van der Waals surface area contributed by atoms with Crippen LogP contribution in [0, 0.1) is 5.82 Å². The molecule has 2 aliphatic rings. The molecule has 1 atom stereocenters. The molecule has 1 aliphatic carbocycles. The number of aromatic nitrogens is 2. The Morgan fingerprint density at radius 1 is 1.17 bits per heavy atom. The van der Waals surface area contributed by atoms with Gasteiger partial charge in [-0.2, -0.15) is 4.98 Å². The SMILES string of the molecule is O=C(NC1CCCCC1)N1CCCC(c2nc(CCOc3ccc(F)cc3)no2)C1. The number of urea groups is 1. The molecule has 2 aromatic rings. The number of piperidine rings is 1. The Hall–Kier alpha value is -2.64. The molecule has 1 saturated carbocycles. The maximum atomic E-state index is 12.9. The number of ether oxygens (including phenoxy) is 1. The van der Waals surface area contributed by atoms with Gasteiger partial charge in [0.05, 0.1) is 12.5 Å². The lowest BCUT2D eigenvalue weighted by Gasteiger charge is -2.33. The molecule has 162 valence electrons. The largest absolute Gasteiger partial charge is 0.493 e. The lowest BCUT2D eigenvalue weighted by molar-refractivity contribution is 0.166. The monoisotopic (exact) mass is 416 g/mol. The summed E-state index contributed by atoms with van der Waals surface area (Å²) < 4.78 is 24.0. The fraction of sp³-hybridized carbons (Fsp3) is 0.591. The van der Waals surface area contributed by atoms with Crippen LogP contribution in [0.25, 0.3) is 0 Å². The molecule has 30 heavy (non-hydrogen) atoms. The molecule has 1 saturated heterocycles. The number of carbonyl (C=O) groups excluding carboxylic acids is 1. The third-order valence-electron chi connectivity index (χ3n) is 5.88. The van der Waals surface area contributed by atoms with Crippen LogP contribution in [0.15, 0.2) is 28.8 Å². The number of carbonyl (C=O) groups is 1. The molecule has 2 amide bonds. The summed E-state index contributed by atoms with van der Waals surface area (Å²) in [4.78, 5) is 19.0. The number of likely N-dealkylation sites (tertiary alicyclic amines) is 1. The minimum absolute atomic E-state index is 0.0269. The summed E-state index contributed by atoms with van der Waals surface area (Å²) in [6, 6.07) is 6.24. The molecule has 1 unspecified atom stereocenters. The number of nitrogens with one attached hydrogen (secondary N) is 1. The van der Waals surface area contributed by atoms with Crippen molar-refractivity contribution >= 4 is 6.03 Å². The highest BCUT2D eigenvalue weighted by atomic mass is 19.1. The molecule has 0 bridgehead atoms. The molecule has 1 aliphatic heterocycles. The number of benzene rings is 1. The summed E-state index contributed by atoms with van der Waals surface area (Å²) in [5.74, 6) is 1.54. The van der Waals surface area contributed by atoms with E-state index in [0.717, 1.165) is 32.2 Å². The zero-order chi connectivity index (χ0) is 20.8. The van der Waals surface area contributed by atoms with Crippen LogP contribution in [-0.4, -0.2) is 46.8 Å². The van der Waals surface area contributed by atoms with Crippen LogP contribution in [0.1, 0.15) is 62.6 Å². The second-order valence-electron chi connectivity index (χ2n) is 8.17. The van der Waals surface area contributed by atoms with E-state index in [9.17, 15) is 9.18 Å². The van der Waals surface area contributed by atoms with Crippen molar-refractivity contribution in [3.63, 3.8) is 0 Å². The van der Waals surface area contributed by atoms with Crippen molar-refractivity contribution < 1.29 is 18.4 Å². The zero-order valence-electron chi connectivity index (χ0n) is 17.2. The smallest absolute Gasteiger partial charge is 0.317 e. The molecule has 4 rings (SSSR count). The third-order valence-corrected chi connectivity index (χ3v) is 5.88. The van der Waals surface area contributed by atoms with Gasteiger partial charge in [0.1, 0.15) is 11.6 Å². The maximum absolute atomic E-state index is 12.9. The highest BCUT2D eigenvalue weighted by Gasteiger charge is 2.29. The van der Waals surface area contributed by atoms with Crippen LogP contribution < -0.4 is 10.1 Å². The molecule has 0 radical (unpaired) electrons. The Labute approximate surface area is 176 Å². The molecule has 2 heterocycles. The van der Waals surface area contributed by atoms with Gasteiger partial charge in [0.25, 0.3) is 0 Å². The first-order valence-corrected chi connectivity index (χ1v) is 10.9. The molecule has 2 fully saturated rings. The van der Waals surface area contributed by atoms with E-state index in [4.69, 9.17) is 9.26 Å². The van der Waals surface area contributed by atoms with Crippen molar-refractivity contribution in [2.24, 2.45) is 0 Å². The normalized spacial score (nSPS) is 20.2. The number of nitrogens with zero attached hydrogens (tertiary/aromatic N) is 3. The number of rotatable bonds is 6. The minimum atomic E-state index is -0.292. The molecule has 1 N–H and O–H groups in total. The van der Waals surface area contributed by atoms with E-state index < -0.39 is 0 Å². The highest BCUT2D eigenvalue weighted by molar-refractivity contribution is 5.74. The lowest BCUT2D eigenvalue weighted by atomic mass is 9.95. The Morgan fingerprint density at radius 3 is 2.77 bits per heavy atom. The first-order valence-electron chi connectivity index (χ1n) is 10.9. The van der Waals surface area contributed by atoms with Gasteiger partial charge in [-0.25, -0.2) is 9.18 Å². The summed E-state index contributed by atoms with van der Waals surface area (Å²) in [6.45, 7) is 1.75. The van der Waals surface area contributed by atoms with Gasteiger partial charge in [0.15, 0.2) is 5.82 Å². The van der Waals surface area contributed by atoms with Crippen LogP contribution in [0.4, 0.5) is 9.18 Å². The van der Waals surface area contributed by atoms with Gasteiger partial charge in [0, 0.05) is 25.6 Å². The summed E-state index contributed by atoms with van der Waals surface area (Å²) >= 11 is 0. The third kappa shape index (κ3) is 5.49. The molecule has 7 nitrogen and oxygen atoms in total. The van der Waals surface area contributed by atoms with E-state index in [0.29, 0.717) is 43.1 Å². The summed E-state index contributed by atoms with van der Waals surface area (Å²) in [5.41, 5.74) is 0. The highest BCUT2D eigenvalue weighted by Crippen LogP contribution is 2.26. The second-order valence-corrected chi connectivity index (χ2v) is 8.17. The van der Waals surface area contributed by atoms with Crippen molar-refractivity contribution in [3.05, 3.63) is 41.8 Å². The van der Waals surface area contributed by atoms with Crippen LogP contribution in [-0.2, 0) is 6.42 Å². The lowest BCUT2D eigenvalue weighted by Crippen LogP contribution is -2.48. The predicted molar refractivity (Wildman–Crippen MR) is 109 cm³/mol. The van der Waals surface area contributed by atoms with Gasteiger partial charge in [-0.05, 0) is 49.9 Å². The number of hydrogen-bond acceptors (Lipinski definition) is 5. The van der Waals surface area contributed by atoms with Gasteiger partial charge in [-0.1, -0.05) is 24.4 Å². The minimum Gasteiger partial charge on any atom is -0.493 e. The van der Waals surface area contributed by atoms with Gasteiger partial charge in [-0.3, -0.25) is 0 Å². The van der Waals surface area contributed by atoms with E-state index in [2.05, 4.69) is 15.5 Å². The molecule has 0 spiro atoms. The Balaban J connectivity index is 1.26. The molecular formula is C22H29FN4O3. The quantitative estimate of drug-likeness (QED) is 0.768. The Kier molecular flexibility index (Phi) is 6.81. The summed E-state index contributed by atoms with van der Waals surface area (Å²) in [6.07, 6.45) is 8.18. The van der Waals surface area contributed by atoms with Crippen LogP contribution >= 0.6 is 0 Å². The van der Waals surface area contributed by atoms with Crippen molar-refractivity contribution in [2.45, 2.75) is 63.3 Å². The molecule has 8 heteroatoms. The average molecular weight is 416 g/mol. The standard InChI is InChI=1S/C22H29FN4O3/c23-17-8-10-19(11-9-17)29-14-12-20-25-21(30-26-20)16-5-4-13-27(15-16)22(28)24-18-6-2-1-3-7-18/h8-11,16,18H,1-7,12-15H2,(H,24,28). The van der Waals surface area contributed by atoms with E-state index in [1.165, 1.54) is 31.4 Å². The first-order chi connectivity index (χ1) is 14.7. The van der Waals surface area contributed by atoms with Crippen LogP contribution in [0.3, 0.4) is 0 Å². The van der Waals surface area contributed by atoms with Gasteiger partial charge >= 0.3 is 6.03 Å². The van der Waals surface area contributed by atoms with Crippen molar-refractivity contribution in [2.75, 3.05) is 19.7 Å². The van der Waals surface area contributed by atoms with E-state index >= 15 is 0 Å². The van der Waals surface area contributed by atoms with E-state index in [-0.39, 0.29) is 17.8 Å². The van der Waals surface area contributed by atoms with Crippen molar-refractivity contribution in [3.8, 4) is 5.75 Å².